The topological polar surface area (TPSA) is 49.4 Å². The minimum Gasteiger partial charge on any atom is -0.256 e. The average Bonchev–Trinajstić information content (AvgIpc) is 3.29. The van der Waals surface area contributed by atoms with E-state index in [-0.39, 0.29) is 0 Å². The number of aliphatic imine (C=N–C) groups is 4. The summed E-state index contributed by atoms with van der Waals surface area (Å²) in [6, 6.07) is 76.0. The lowest BCUT2D eigenvalue weighted by Gasteiger charge is -2.34. The lowest BCUT2D eigenvalue weighted by Crippen LogP contribution is -2.74. The molecule has 8 aromatic carbocycles. The Morgan fingerprint density at radius 2 is 0.421 bits per heavy atom. The summed E-state index contributed by atoms with van der Waals surface area (Å²) in [6.45, 7) is 0. The Kier molecular flexibility index (Phi) is 11.5. The first-order chi connectivity index (χ1) is 28.2. The Morgan fingerprint density at radius 1 is 0.228 bits per heavy atom. The molecule has 0 unspecified atom stereocenters. The molecule has 0 saturated heterocycles. The van der Waals surface area contributed by atoms with E-state index in [1.165, 1.54) is 20.7 Å². The molecule has 0 atom stereocenters. The highest BCUT2D eigenvalue weighted by atomic mass is 28.3. The summed E-state index contributed by atoms with van der Waals surface area (Å²) in [7, 11) is -2.92. The number of nitrogens with zero attached hydrogens (tertiary/aromatic N) is 4. The van der Waals surface area contributed by atoms with Crippen LogP contribution in [-0.2, 0) is 0 Å². The standard InChI is InChI=1S/C52H40N4Si/c1-5-13-45(14-6-1)53-37-41-21-29-49(30-22-41)57(50-31-23-42(24-32-50)38-54-46-15-7-2-8-16-46,51-33-25-43(26-34-51)39-55-47-17-9-3-10-18-47)52-35-27-44(28-36-52)40-56-48-19-11-4-12-20-48/h1-40H. The third-order valence-electron chi connectivity index (χ3n) is 9.85. The second-order valence-corrected chi connectivity index (χ2v) is 17.4. The molecular formula is C52H40N4Si. The highest BCUT2D eigenvalue weighted by molar-refractivity contribution is 7.19. The van der Waals surface area contributed by atoms with Crippen LogP contribution in [0.25, 0.3) is 0 Å². The van der Waals surface area contributed by atoms with Crippen LogP contribution >= 0.6 is 0 Å². The predicted molar refractivity (Wildman–Crippen MR) is 245 cm³/mol. The number of para-hydroxylation sites is 4. The molecular weight excluding hydrogens is 709 g/mol. The van der Waals surface area contributed by atoms with Crippen molar-refractivity contribution in [2.75, 3.05) is 0 Å². The van der Waals surface area contributed by atoms with Gasteiger partial charge < -0.3 is 0 Å². The maximum atomic E-state index is 4.74. The summed E-state index contributed by atoms with van der Waals surface area (Å²) in [5, 5.41) is 5.06. The van der Waals surface area contributed by atoms with Gasteiger partial charge in [-0.15, -0.1) is 0 Å². The minimum atomic E-state index is -2.92. The maximum Gasteiger partial charge on any atom is 0.179 e. The predicted octanol–water partition coefficient (Wildman–Crippen LogP) is 10.1. The lowest BCUT2D eigenvalue weighted by molar-refractivity contribution is 1.52. The van der Waals surface area contributed by atoms with Crippen LogP contribution in [0, 0.1) is 0 Å². The molecule has 8 rings (SSSR count). The van der Waals surface area contributed by atoms with E-state index in [9.17, 15) is 0 Å². The van der Waals surface area contributed by atoms with Crippen molar-refractivity contribution in [3.8, 4) is 0 Å². The molecule has 5 heteroatoms. The Hall–Kier alpha value is -7.34. The molecule has 0 heterocycles. The van der Waals surface area contributed by atoms with Crippen LogP contribution in [0.15, 0.2) is 238 Å². The molecule has 0 aliphatic rings. The molecule has 0 aliphatic carbocycles. The summed E-state index contributed by atoms with van der Waals surface area (Å²) in [5.41, 5.74) is 7.86. The van der Waals surface area contributed by atoms with Crippen molar-refractivity contribution in [2.45, 2.75) is 0 Å². The quantitative estimate of drug-likeness (QED) is 0.0679. The van der Waals surface area contributed by atoms with Crippen molar-refractivity contribution in [1.29, 1.82) is 0 Å². The molecule has 0 N–H and O–H groups in total. The fourth-order valence-corrected chi connectivity index (χ4v) is 11.6. The maximum absolute atomic E-state index is 4.74. The normalized spacial score (nSPS) is 12.8. The van der Waals surface area contributed by atoms with E-state index in [1.54, 1.807) is 0 Å². The summed E-state index contributed by atoms with van der Waals surface area (Å²) >= 11 is 0. The molecule has 4 nitrogen and oxygen atoms in total. The van der Waals surface area contributed by atoms with Crippen LogP contribution in [-0.4, -0.2) is 32.9 Å². The van der Waals surface area contributed by atoms with E-state index in [1.807, 2.05) is 146 Å². The van der Waals surface area contributed by atoms with Crippen LogP contribution in [0.5, 0.6) is 0 Å². The van der Waals surface area contributed by atoms with Crippen molar-refractivity contribution in [3.63, 3.8) is 0 Å². The van der Waals surface area contributed by atoms with Crippen LogP contribution in [0.4, 0.5) is 22.7 Å². The highest BCUT2D eigenvalue weighted by Gasteiger charge is 2.41. The Morgan fingerprint density at radius 3 is 0.614 bits per heavy atom. The first-order valence-electron chi connectivity index (χ1n) is 19.0. The molecule has 272 valence electrons. The molecule has 0 fully saturated rings. The Labute approximate surface area is 335 Å². The Balaban J connectivity index is 1.25. The second-order valence-electron chi connectivity index (χ2n) is 13.6. The minimum absolute atomic E-state index is 0.924. The second kappa shape index (κ2) is 17.9. The van der Waals surface area contributed by atoms with Gasteiger partial charge in [0.15, 0.2) is 8.07 Å². The van der Waals surface area contributed by atoms with E-state index in [2.05, 4.69) is 97.1 Å². The number of hydrogen-bond acceptors (Lipinski definition) is 4. The van der Waals surface area contributed by atoms with E-state index >= 15 is 0 Å². The molecule has 0 saturated carbocycles. The molecule has 0 radical (unpaired) electrons. The van der Waals surface area contributed by atoms with E-state index in [4.69, 9.17) is 20.0 Å². The van der Waals surface area contributed by atoms with Gasteiger partial charge in [0.2, 0.25) is 0 Å². The van der Waals surface area contributed by atoms with Crippen molar-refractivity contribution >= 4 is 76.4 Å². The van der Waals surface area contributed by atoms with Crippen LogP contribution in [0.1, 0.15) is 22.3 Å². The Bertz CT molecular complexity index is 2230. The fraction of sp³-hybridized carbons (Fsp3) is 0. The third kappa shape index (κ3) is 8.97. The summed E-state index contributed by atoms with van der Waals surface area (Å²) in [5.74, 6) is 0. The average molecular weight is 749 g/mol. The molecule has 0 aromatic heterocycles. The van der Waals surface area contributed by atoms with Gasteiger partial charge in [0.05, 0.1) is 22.7 Å². The van der Waals surface area contributed by atoms with Gasteiger partial charge in [0.25, 0.3) is 0 Å². The monoisotopic (exact) mass is 748 g/mol. The van der Waals surface area contributed by atoms with Gasteiger partial charge in [-0.25, -0.2) is 0 Å². The number of hydrogen-bond donors (Lipinski definition) is 0. The van der Waals surface area contributed by atoms with Crippen molar-refractivity contribution in [1.82, 2.24) is 0 Å². The largest absolute Gasteiger partial charge is 0.256 e. The SMILES string of the molecule is C(=Nc1ccccc1)c1ccc([Si](c2ccc(C=Nc3ccccc3)cc2)(c2ccc(C=Nc3ccccc3)cc2)c2ccc(C=Nc3ccccc3)cc2)cc1. The summed E-state index contributed by atoms with van der Waals surface area (Å²) in [6.07, 6.45) is 7.74. The lowest BCUT2D eigenvalue weighted by atomic mass is 10.2. The molecule has 0 spiro atoms. The van der Waals surface area contributed by atoms with E-state index in [0.717, 1.165) is 45.0 Å². The highest BCUT2D eigenvalue weighted by Crippen LogP contribution is 2.16. The fourth-order valence-electron chi connectivity index (χ4n) is 6.93. The van der Waals surface area contributed by atoms with Crippen molar-refractivity contribution in [2.24, 2.45) is 20.0 Å². The first kappa shape index (κ1) is 36.6. The molecule has 0 bridgehead atoms. The number of rotatable bonds is 12. The third-order valence-corrected chi connectivity index (χ3v) is 14.6. The van der Waals surface area contributed by atoms with Crippen LogP contribution in [0.3, 0.4) is 0 Å². The van der Waals surface area contributed by atoms with Gasteiger partial charge in [-0.05, 0) is 91.5 Å². The summed E-state index contributed by atoms with van der Waals surface area (Å²) < 4.78 is 0. The van der Waals surface area contributed by atoms with Gasteiger partial charge in [0.1, 0.15) is 0 Å². The molecule has 8 aromatic rings. The van der Waals surface area contributed by atoms with E-state index < -0.39 is 8.07 Å². The zero-order chi connectivity index (χ0) is 38.5. The van der Waals surface area contributed by atoms with Crippen molar-refractivity contribution in [3.05, 3.63) is 241 Å². The van der Waals surface area contributed by atoms with Gasteiger partial charge >= 0.3 is 0 Å². The molecule has 0 aliphatic heterocycles. The van der Waals surface area contributed by atoms with Crippen LogP contribution < -0.4 is 20.7 Å². The van der Waals surface area contributed by atoms with E-state index in [0.29, 0.717) is 0 Å². The van der Waals surface area contributed by atoms with Crippen LogP contribution in [0.2, 0.25) is 0 Å². The summed E-state index contributed by atoms with van der Waals surface area (Å²) in [4.78, 5) is 19.0. The van der Waals surface area contributed by atoms with Gasteiger partial charge in [-0.2, -0.15) is 0 Å². The smallest absolute Gasteiger partial charge is 0.179 e. The zero-order valence-electron chi connectivity index (χ0n) is 31.4. The van der Waals surface area contributed by atoms with Gasteiger partial charge in [-0.3, -0.25) is 20.0 Å². The molecule has 57 heavy (non-hydrogen) atoms. The molecule has 0 amide bonds. The van der Waals surface area contributed by atoms with Gasteiger partial charge in [-0.1, -0.05) is 170 Å². The number of benzene rings is 8. The van der Waals surface area contributed by atoms with Crippen molar-refractivity contribution < 1.29 is 0 Å². The van der Waals surface area contributed by atoms with Gasteiger partial charge in [0, 0.05) is 24.9 Å². The first-order valence-corrected chi connectivity index (χ1v) is 21.0. The zero-order valence-corrected chi connectivity index (χ0v) is 32.4.